The van der Waals surface area contributed by atoms with Crippen molar-refractivity contribution in [3.05, 3.63) is 85.0 Å². The number of furan rings is 1. The number of rotatable bonds is 7. The molecule has 31 heavy (non-hydrogen) atoms. The Bertz CT molecular complexity index is 1300. The molecule has 0 aliphatic heterocycles. The van der Waals surface area contributed by atoms with Crippen molar-refractivity contribution in [1.29, 1.82) is 0 Å². The molecule has 0 saturated heterocycles. The van der Waals surface area contributed by atoms with Crippen molar-refractivity contribution in [1.82, 2.24) is 19.7 Å². The van der Waals surface area contributed by atoms with Crippen LogP contribution in [0.2, 0.25) is 0 Å². The van der Waals surface area contributed by atoms with Crippen LogP contribution in [0.25, 0.3) is 16.7 Å². The molecule has 8 heteroatoms. The zero-order chi connectivity index (χ0) is 21.0. The minimum Gasteiger partial charge on any atom is -0.497 e. The number of methoxy groups -OCH3 is 1. The summed E-state index contributed by atoms with van der Waals surface area (Å²) in [5.41, 5.74) is 2.46. The third-order valence-corrected chi connectivity index (χ3v) is 4.76. The first-order valence-electron chi connectivity index (χ1n) is 9.79. The number of fused-ring (bicyclic) bond motifs is 1. The van der Waals surface area contributed by atoms with Crippen LogP contribution < -0.4 is 15.4 Å². The smallest absolute Gasteiger partial charge is 0.227 e. The second-order valence-electron chi connectivity index (χ2n) is 6.81. The summed E-state index contributed by atoms with van der Waals surface area (Å²) in [5, 5.41) is 12.0. The molecule has 0 unspecified atom stereocenters. The van der Waals surface area contributed by atoms with Crippen LogP contribution in [0.4, 0.5) is 17.5 Å². The van der Waals surface area contributed by atoms with Crippen molar-refractivity contribution in [3.63, 3.8) is 0 Å². The Morgan fingerprint density at radius 1 is 1.00 bits per heavy atom. The van der Waals surface area contributed by atoms with Gasteiger partial charge in [-0.3, -0.25) is 0 Å². The molecule has 3 heterocycles. The Kier molecular flexibility index (Phi) is 4.94. The molecule has 3 aromatic heterocycles. The van der Waals surface area contributed by atoms with Gasteiger partial charge < -0.3 is 19.8 Å². The Balaban J connectivity index is 1.57. The van der Waals surface area contributed by atoms with E-state index in [0.717, 1.165) is 28.3 Å². The molecule has 0 aliphatic carbocycles. The Morgan fingerprint density at radius 3 is 2.71 bits per heavy atom. The van der Waals surface area contributed by atoms with E-state index >= 15 is 0 Å². The van der Waals surface area contributed by atoms with Gasteiger partial charge in [0.25, 0.3) is 0 Å². The summed E-state index contributed by atoms with van der Waals surface area (Å²) < 4.78 is 12.5. The van der Waals surface area contributed by atoms with E-state index in [1.807, 2.05) is 66.7 Å². The quantitative estimate of drug-likeness (QED) is 0.398. The molecule has 0 atom stereocenters. The third-order valence-electron chi connectivity index (χ3n) is 4.76. The van der Waals surface area contributed by atoms with Gasteiger partial charge in [0.1, 0.15) is 17.3 Å². The first-order chi connectivity index (χ1) is 15.3. The van der Waals surface area contributed by atoms with Crippen molar-refractivity contribution < 1.29 is 9.15 Å². The van der Waals surface area contributed by atoms with Gasteiger partial charge in [-0.25, -0.2) is 4.68 Å². The minimum absolute atomic E-state index is 0.465. The lowest BCUT2D eigenvalue weighted by Gasteiger charge is -2.11. The number of ether oxygens (including phenoxy) is 1. The Hall–Kier alpha value is -4.33. The summed E-state index contributed by atoms with van der Waals surface area (Å²) in [5.74, 6) is 2.66. The summed E-state index contributed by atoms with van der Waals surface area (Å²) in [6, 6.07) is 21.3. The standard InChI is InChI=1S/C23H20N6O2/c1-30-18-10-5-7-16(13-18)26-21-20-15-25-29(17-8-3-2-4-9-17)22(20)28-23(27-21)24-14-19-11-6-12-31-19/h2-13,15H,14H2,1H3,(H2,24,26,27,28). The van der Waals surface area contributed by atoms with Crippen molar-refractivity contribution in [2.75, 3.05) is 17.7 Å². The van der Waals surface area contributed by atoms with Crippen molar-refractivity contribution in [3.8, 4) is 11.4 Å². The topological polar surface area (TPSA) is 90.0 Å². The number of anilines is 3. The highest BCUT2D eigenvalue weighted by molar-refractivity contribution is 5.90. The first-order valence-corrected chi connectivity index (χ1v) is 9.79. The molecule has 0 bridgehead atoms. The molecule has 8 nitrogen and oxygen atoms in total. The van der Waals surface area contributed by atoms with E-state index in [-0.39, 0.29) is 0 Å². The van der Waals surface area contributed by atoms with E-state index in [2.05, 4.69) is 20.7 Å². The Labute approximate surface area is 178 Å². The van der Waals surface area contributed by atoms with Crippen LogP contribution in [-0.2, 0) is 6.54 Å². The molecule has 0 saturated carbocycles. The first kappa shape index (κ1) is 18.7. The lowest BCUT2D eigenvalue weighted by molar-refractivity contribution is 0.415. The summed E-state index contributed by atoms with van der Waals surface area (Å²) in [6.45, 7) is 0.469. The fourth-order valence-corrected chi connectivity index (χ4v) is 3.26. The van der Waals surface area contributed by atoms with E-state index in [1.165, 1.54) is 0 Å². The van der Waals surface area contributed by atoms with Gasteiger partial charge in [0, 0.05) is 11.8 Å². The molecule has 2 N–H and O–H groups in total. The van der Waals surface area contributed by atoms with Gasteiger partial charge in [-0.05, 0) is 36.4 Å². The predicted octanol–water partition coefficient (Wildman–Crippen LogP) is 4.77. The highest BCUT2D eigenvalue weighted by Gasteiger charge is 2.15. The molecule has 0 fully saturated rings. The summed E-state index contributed by atoms with van der Waals surface area (Å²) in [4.78, 5) is 9.41. The van der Waals surface area contributed by atoms with Gasteiger partial charge in [-0.2, -0.15) is 15.1 Å². The van der Waals surface area contributed by atoms with Gasteiger partial charge in [-0.1, -0.05) is 24.3 Å². The molecule has 0 spiro atoms. The van der Waals surface area contributed by atoms with Crippen LogP contribution >= 0.6 is 0 Å². The molecule has 5 aromatic rings. The summed E-state index contributed by atoms with van der Waals surface area (Å²) in [6.07, 6.45) is 3.41. The number of nitrogens with zero attached hydrogens (tertiary/aromatic N) is 4. The second-order valence-corrected chi connectivity index (χ2v) is 6.81. The molecular weight excluding hydrogens is 392 g/mol. The fourth-order valence-electron chi connectivity index (χ4n) is 3.26. The van der Waals surface area contributed by atoms with Crippen molar-refractivity contribution in [2.24, 2.45) is 0 Å². The highest BCUT2D eigenvalue weighted by Crippen LogP contribution is 2.28. The van der Waals surface area contributed by atoms with Gasteiger partial charge >= 0.3 is 0 Å². The molecule has 0 aliphatic rings. The largest absolute Gasteiger partial charge is 0.497 e. The second kappa shape index (κ2) is 8.19. The fraction of sp³-hybridized carbons (Fsp3) is 0.0870. The Morgan fingerprint density at radius 2 is 1.90 bits per heavy atom. The van der Waals surface area contributed by atoms with Gasteiger partial charge in [0.05, 0.1) is 37.2 Å². The minimum atomic E-state index is 0.465. The van der Waals surface area contributed by atoms with Gasteiger partial charge in [0.2, 0.25) is 5.95 Å². The normalized spacial score (nSPS) is 10.9. The molecule has 2 aromatic carbocycles. The monoisotopic (exact) mass is 412 g/mol. The number of hydrogen-bond donors (Lipinski definition) is 2. The van der Waals surface area contributed by atoms with E-state index in [9.17, 15) is 0 Å². The van der Waals surface area contributed by atoms with E-state index in [4.69, 9.17) is 14.1 Å². The van der Waals surface area contributed by atoms with Crippen LogP contribution in [0.3, 0.4) is 0 Å². The lowest BCUT2D eigenvalue weighted by atomic mass is 10.3. The zero-order valence-corrected chi connectivity index (χ0v) is 16.8. The average Bonchev–Trinajstić information content (AvgIpc) is 3.48. The molecule has 5 rings (SSSR count). The third kappa shape index (κ3) is 3.91. The zero-order valence-electron chi connectivity index (χ0n) is 16.8. The SMILES string of the molecule is COc1cccc(Nc2nc(NCc3ccco3)nc3c2cnn3-c2ccccc2)c1. The lowest BCUT2D eigenvalue weighted by Crippen LogP contribution is -2.07. The number of para-hydroxylation sites is 1. The van der Waals surface area contributed by atoms with E-state index in [1.54, 1.807) is 24.3 Å². The highest BCUT2D eigenvalue weighted by atomic mass is 16.5. The van der Waals surface area contributed by atoms with Crippen molar-refractivity contribution >= 4 is 28.5 Å². The predicted molar refractivity (Wildman–Crippen MR) is 119 cm³/mol. The number of nitrogens with one attached hydrogen (secondary N) is 2. The van der Waals surface area contributed by atoms with Crippen LogP contribution in [0, 0.1) is 0 Å². The molecule has 0 amide bonds. The van der Waals surface area contributed by atoms with E-state index in [0.29, 0.717) is 24.0 Å². The van der Waals surface area contributed by atoms with Crippen LogP contribution in [0.1, 0.15) is 5.76 Å². The molecule has 0 radical (unpaired) electrons. The summed E-state index contributed by atoms with van der Waals surface area (Å²) in [7, 11) is 1.64. The van der Waals surface area contributed by atoms with Crippen molar-refractivity contribution in [2.45, 2.75) is 6.54 Å². The van der Waals surface area contributed by atoms with Crippen LogP contribution in [-0.4, -0.2) is 26.9 Å². The van der Waals surface area contributed by atoms with Crippen LogP contribution in [0.5, 0.6) is 5.75 Å². The maximum Gasteiger partial charge on any atom is 0.227 e. The van der Waals surface area contributed by atoms with Gasteiger partial charge in [0.15, 0.2) is 5.65 Å². The van der Waals surface area contributed by atoms with Crippen LogP contribution in [0.15, 0.2) is 83.6 Å². The maximum atomic E-state index is 5.41. The molecular formula is C23H20N6O2. The number of benzene rings is 2. The van der Waals surface area contributed by atoms with Gasteiger partial charge in [-0.15, -0.1) is 0 Å². The molecule has 154 valence electrons. The summed E-state index contributed by atoms with van der Waals surface area (Å²) >= 11 is 0. The number of aromatic nitrogens is 4. The number of hydrogen-bond acceptors (Lipinski definition) is 7. The average molecular weight is 412 g/mol. The van der Waals surface area contributed by atoms with E-state index < -0.39 is 0 Å². The maximum absolute atomic E-state index is 5.41.